The number of benzene rings is 1. The molecule has 2 N–H and O–H groups in total. The molecule has 1 aromatic heterocycles. The van der Waals surface area contributed by atoms with Gasteiger partial charge in [0, 0.05) is 6.20 Å². The lowest BCUT2D eigenvalue weighted by Crippen LogP contribution is -2.06. The van der Waals surface area contributed by atoms with Crippen LogP contribution in [0.15, 0.2) is 36.5 Å². The van der Waals surface area contributed by atoms with Crippen LogP contribution in [0.1, 0.15) is 27.2 Å². The molecule has 5 nitrogen and oxygen atoms in total. The number of aromatic nitrogens is 1. The molecule has 1 aromatic carbocycles. The summed E-state index contributed by atoms with van der Waals surface area (Å²) in [6, 6.07) is 10.5. The maximum absolute atomic E-state index is 10.9. The van der Waals surface area contributed by atoms with Crippen molar-refractivity contribution in [3.63, 3.8) is 0 Å². The van der Waals surface area contributed by atoms with E-state index in [1.807, 2.05) is 19.1 Å². The Labute approximate surface area is 116 Å². The van der Waals surface area contributed by atoms with E-state index >= 15 is 0 Å². The van der Waals surface area contributed by atoms with Crippen molar-refractivity contribution in [2.45, 2.75) is 13.5 Å². The molecule has 0 aliphatic carbocycles. The van der Waals surface area contributed by atoms with E-state index in [1.54, 1.807) is 6.07 Å². The summed E-state index contributed by atoms with van der Waals surface area (Å²) < 4.78 is 0. The molecule has 0 aliphatic heterocycles. The smallest absolute Gasteiger partial charge is 0.335 e. The molecule has 0 radical (unpaired) electrons. The lowest BCUT2D eigenvalue weighted by atomic mass is 10.1. The van der Waals surface area contributed by atoms with Gasteiger partial charge in [-0.3, -0.25) is 4.98 Å². The van der Waals surface area contributed by atoms with Gasteiger partial charge in [0.05, 0.1) is 29.1 Å². The van der Waals surface area contributed by atoms with Crippen molar-refractivity contribution in [2.75, 3.05) is 5.32 Å². The fourth-order valence-electron chi connectivity index (χ4n) is 1.88. The first-order valence-corrected chi connectivity index (χ1v) is 6.03. The van der Waals surface area contributed by atoms with E-state index in [-0.39, 0.29) is 5.56 Å². The molecule has 0 amide bonds. The molecule has 1 heterocycles. The molecule has 0 fully saturated rings. The first kappa shape index (κ1) is 13.6. The predicted octanol–water partition coefficient (Wildman–Crippen LogP) is 2.57. The van der Waals surface area contributed by atoms with Gasteiger partial charge in [0.25, 0.3) is 0 Å². The van der Waals surface area contributed by atoms with Crippen molar-refractivity contribution in [3.8, 4) is 6.07 Å². The van der Waals surface area contributed by atoms with Gasteiger partial charge in [-0.15, -0.1) is 0 Å². The van der Waals surface area contributed by atoms with Crippen LogP contribution in [0.3, 0.4) is 0 Å². The molecule has 20 heavy (non-hydrogen) atoms. The highest BCUT2D eigenvalue weighted by Crippen LogP contribution is 2.20. The number of carboxylic acid groups (broad SMARTS) is 1. The summed E-state index contributed by atoms with van der Waals surface area (Å²) in [6.45, 7) is 2.27. The number of nitrogens with one attached hydrogen (secondary N) is 1. The van der Waals surface area contributed by atoms with Gasteiger partial charge in [-0.25, -0.2) is 4.79 Å². The lowest BCUT2D eigenvalue weighted by molar-refractivity contribution is 0.0696. The Balaban J connectivity index is 2.19. The molecule has 0 saturated heterocycles. The molecule has 0 unspecified atom stereocenters. The first-order chi connectivity index (χ1) is 9.61. The second-order valence-corrected chi connectivity index (χ2v) is 4.30. The molecule has 0 atom stereocenters. The third kappa shape index (κ3) is 2.93. The van der Waals surface area contributed by atoms with Crippen molar-refractivity contribution < 1.29 is 9.90 Å². The number of pyridine rings is 1. The number of rotatable bonds is 4. The minimum Gasteiger partial charge on any atom is -0.478 e. The summed E-state index contributed by atoms with van der Waals surface area (Å²) in [4.78, 5) is 15.0. The Morgan fingerprint density at radius 2 is 2.25 bits per heavy atom. The number of aryl methyl sites for hydroxylation is 1. The fraction of sp³-hybridized carbons (Fsp3) is 0.133. The van der Waals surface area contributed by atoms with Crippen LogP contribution in [0.2, 0.25) is 0 Å². The van der Waals surface area contributed by atoms with E-state index in [1.165, 1.54) is 18.3 Å². The number of carboxylic acids is 1. The van der Waals surface area contributed by atoms with Gasteiger partial charge in [-0.05, 0) is 30.7 Å². The fourth-order valence-corrected chi connectivity index (χ4v) is 1.88. The standard InChI is InChI=1S/C15H13N3O2/c1-10-3-2-4-12(8-16)14(10)18-9-13-7-11(15(19)20)5-6-17-13/h2-7,18H,9H2,1H3,(H,19,20). The predicted molar refractivity (Wildman–Crippen MR) is 74.4 cm³/mol. The lowest BCUT2D eigenvalue weighted by Gasteiger charge is -2.11. The summed E-state index contributed by atoms with van der Waals surface area (Å²) in [5.74, 6) is -0.984. The van der Waals surface area contributed by atoms with Crippen molar-refractivity contribution >= 4 is 11.7 Å². The van der Waals surface area contributed by atoms with Gasteiger partial charge in [0.2, 0.25) is 0 Å². The minimum atomic E-state index is -0.984. The average molecular weight is 267 g/mol. The molecular formula is C15H13N3O2. The zero-order valence-corrected chi connectivity index (χ0v) is 10.9. The van der Waals surface area contributed by atoms with E-state index < -0.39 is 5.97 Å². The van der Waals surface area contributed by atoms with Crippen molar-refractivity contribution in [3.05, 3.63) is 58.9 Å². The molecule has 100 valence electrons. The third-order valence-electron chi connectivity index (χ3n) is 2.90. The van der Waals surface area contributed by atoms with E-state index in [0.717, 1.165) is 11.3 Å². The second kappa shape index (κ2) is 5.85. The van der Waals surface area contributed by atoms with Crippen LogP contribution in [-0.4, -0.2) is 16.1 Å². The Bertz CT molecular complexity index is 690. The summed E-state index contributed by atoms with van der Waals surface area (Å²) in [5.41, 5.74) is 3.06. The van der Waals surface area contributed by atoms with E-state index in [9.17, 15) is 4.79 Å². The molecule has 2 aromatic rings. The number of para-hydroxylation sites is 1. The van der Waals surface area contributed by atoms with Gasteiger partial charge in [0.1, 0.15) is 6.07 Å². The number of hydrogen-bond acceptors (Lipinski definition) is 4. The zero-order valence-electron chi connectivity index (χ0n) is 10.9. The number of aromatic carboxylic acids is 1. The molecular weight excluding hydrogens is 254 g/mol. The van der Waals surface area contributed by atoms with Crippen LogP contribution in [0.5, 0.6) is 0 Å². The van der Waals surface area contributed by atoms with Crippen molar-refractivity contribution in [2.24, 2.45) is 0 Å². The number of carbonyl (C=O) groups is 1. The molecule has 0 bridgehead atoms. The summed E-state index contributed by atoms with van der Waals surface area (Å²) >= 11 is 0. The number of nitriles is 1. The SMILES string of the molecule is Cc1cccc(C#N)c1NCc1cc(C(=O)O)ccn1. The quantitative estimate of drug-likeness (QED) is 0.889. The molecule has 0 spiro atoms. The Morgan fingerprint density at radius 1 is 1.45 bits per heavy atom. The van der Waals surface area contributed by atoms with Gasteiger partial charge >= 0.3 is 5.97 Å². The largest absolute Gasteiger partial charge is 0.478 e. The highest BCUT2D eigenvalue weighted by molar-refractivity contribution is 5.87. The zero-order chi connectivity index (χ0) is 14.5. The highest BCUT2D eigenvalue weighted by Gasteiger charge is 2.07. The monoisotopic (exact) mass is 267 g/mol. The Morgan fingerprint density at radius 3 is 2.95 bits per heavy atom. The number of hydrogen-bond donors (Lipinski definition) is 2. The number of anilines is 1. The van der Waals surface area contributed by atoms with Crippen LogP contribution in [0, 0.1) is 18.3 Å². The van der Waals surface area contributed by atoms with Crippen LogP contribution >= 0.6 is 0 Å². The van der Waals surface area contributed by atoms with Gasteiger partial charge in [-0.2, -0.15) is 5.26 Å². The molecule has 0 aliphatic rings. The topological polar surface area (TPSA) is 86.0 Å². The molecule has 5 heteroatoms. The Kier molecular flexibility index (Phi) is 3.96. The van der Waals surface area contributed by atoms with Crippen LogP contribution < -0.4 is 5.32 Å². The van der Waals surface area contributed by atoms with E-state index in [0.29, 0.717) is 17.8 Å². The van der Waals surface area contributed by atoms with Gasteiger partial charge in [-0.1, -0.05) is 12.1 Å². The average Bonchev–Trinajstić information content (AvgIpc) is 2.46. The van der Waals surface area contributed by atoms with E-state index in [2.05, 4.69) is 16.4 Å². The maximum atomic E-state index is 10.9. The highest BCUT2D eigenvalue weighted by atomic mass is 16.4. The third-order valence-corrected chi connectivity index (χ3v) is 2.90. The minimum absolute atomic E-state index is 0.196. The van der Waals surface area contributed by atoms with E-state index in [4.69, 9.17) is 10.4 Å². The summed E-state index contributed by atoms with van der Waals surface area (Å²) in [7, 11) is 0. The molecule has 0 saturated carbocycles. The summed E-state index contributed by atoms with van der Waals surface area (Å²) in [6.07, 6.45) is 1.46. The second-order valence-electron chi connectivity index (χ2n) is 4.30. The summed E-state index contributed by atoms with van der Waals surface area (Å²) in [5, 5.41) is 21.1. The molecule has 2 rings (SSSR count). The maximum Gasteiger partial charge on any atom is 0.335 e. The van der Waals surface area contributed by atoms with Gasteiger partial charge < -0.3 is 10.4 Å². The van der Waals surface area contributed by atoms with Crippen molar-refractivity contribution in [1.29, 1.82) is 5.26 Å². The normalized spacial score (nSPS) is 9.80. The number of nitrogens with zero attached hydrogens (tertiary/aromatic N) is 2. The Hall–Kier alpha value is -2.87. The van der Waals surface area contributed by atoms with Gasteiger partial charge in [0.15, 0.2) is 0 Å². The first-order valence-electron chi connectivity index (χ1n) is 6.03. The van der Waals surface area contributed by atoms with Crippen LogP contribution in [0.25, 0.3) is 0 Å². The van der Waals surface area contributed by atoms with Crippen LogP contribution in [0.4, 0.5) is 5.69 Å². The van der Waals surface area contributed by atoms with Crippen LogP contribution in [-0.2, 0) is 6.54 Å². The van der Waals surface area contributed by atoms with Crippen molar-refractivity contribution in [1.82, 2.24) is 4.98 Å².